The van der Waals surface area contributed by atoms with Crippen LogP contribution in [0.5, 0.6) is 0 Å². The summed E-state index contributed by atoms with van der Waals surface area (Å²) in [4.78, 5) is 87.3. The Bertz CT molecular complexity index is 3690. The highest BCUT2D eigenvalue weighted by Gasteiger charge is 2.40. The van der Waals surface area contributed by atoms with Gasteiger partial charge in [0.1, 0.15) is 34.2 Å². The molecule has 3 saturated heterocycles. The highest BCUT2D eigenvalue weighted by molar-refractivity contribution is 14.1. The van der Waals surface area contributed by atoms with E-state index >= 15 is 0 Å². The molecular formula is C63H60IN7O10S2. The van der Waals surface area contributed by atoms with Gasteiger partial charge in [0, 0.05) is 95.0 Å². The first-order valence-electron chi connectivity index (χ1n) is 27.4. The van der Waals surface area contributed by atoms with Gasteiger partial charge in [-0.3, -0.25) is 38.2 Å². The summed E-state index contributed by atoms with van der Waals surface area (Å²) in [6.45, 7) is 5.66. The molecule has 0 aromatic heterocycles. The monoisotopic (exact) mass is 1270 g/mol. The van der Waals surface area contributed by atoms with E-state index in [1.807, 2.05) is 45.0 Å². The Balaban J connectivity index is 0.000000139. The summed E-state index contributed by atoms with van der Waals surface area (Å²) in [5, 5.41) is 3.24. The lowest BCUT2D eigenvalue weighted by atomic mass is 9.89. The first-order chi connectivity index (χ1) is 40.0. The van der Waals surface area contributed by atoms with Crippen LogP contribution in [0.15, 0.2) is 202 Å². The number of carbonyl (C=O) groups excluding carboxylic acids is 6. The van der Waals surface area contributed by atoms with Gasteiger partial charge in [0.05, 0.1) is 9.79 Å². The maximum atomic E-state index is 13.3. The third-order valence-corrected chi connectivity index (χ3v) is 18.6. The quantitative estimate of drug-likeness (QED) is 0.103. The number of nitrogens with zero attached hydrogens (tertiary/aromatic N) is 4. The van der Waals surface area contributed by atoms with Crippen LogP contribution in [0.4, 0.5) is 5.69 Å². The predicted octanol–water partition coefficient (Wildman–Crippen LogP) is 8.72. The Morgan fingerprint density at radius 1 is 0.349 bits per heavy atom. The number of benzene rings is 6. The minimum atomic E-state index is -4.00. The van der Waals surface area contributed by atoms with Crippen LogP contribution in [0.3, 0.4) is 0 Å². The second kappa shape index (κ2) is 25.2. The minimum absolute atomic E-state index is 0.0413. The van der Waals surface area contributed by atoms with Crippen LogP contribution < -0.4 is 14.8 Å². The Labute approximate surface area is 496 Å². The van der Waals surface area contributed by atoms with Crippen LogP contribution in [0.1, 0.15) is 101 Å². The van der Waals surface area contributed by atoms with Crippen LogP contribution in [0.2, 0.25) is 0 Å². The zero-order valence-electron chi connectivity index (χ0n) is 45.5. The molecule has 0 unspecified atom stereocenters. The average molecular weight is 1270 g/mol. The number of likely N-dealkylation sites (tertiary alicyclic amines) is 2. The summed E-state index contributed by atoms with van der Waals surface area (Å²) < 4.78 is 57.4. The van der Waals surface area contributed by atoms with Crippen molar-refractivity contribution in [2.24, 2.45) is 0 Å². The Morgan fingerprint density at radius 3 is 1.01 bits per heavy atom. The van der Waals surface area contributed by atoms with Gasteiger partial charge >= 0.3 is 0 Å². The lowest BCUT2D eigenvalue weighted by Crippen LogP contribution is -2.47. The number of ketones is 6. The number of hydrogen-bond donors (Lipinski definition) is 3. The van der Waals surface area contributed by atoms with E-state index in [0.717, 1.165) is 74.0 Å². The largest absolute Gasteiger partial charge is 0.367 e. The van der Waals surface area contributed by atoms with Gasteiger partial charge in [0.2, 0.25) is 34.7 Å². The second-order valence-electron chi connectivity index (χ2n) is 20.6. The van der Waals surface area contributed by atoms with Gasteiger partial charge in [-0.2, -0.15) is 0 Å². The molecule has 3 N–H and O–H groups in total. The number of likely N-dealkylation sites (N-methyl/N-ethyl adjacent to an activating group) is 1. The zero-order valence-corrected chi connectivity index (χ0v) is 49.3. The number of hydrogen-bond acceptors (Lipinski definition) is 15. The number of rotatable bonds is 11. The van der Waals surface area contributed by atoms with Crippen molar-refractivity contribution >= 4 is 83.0 Å². The molecule has 0 saturated carbocycles. The van der Waals surface area contributed by atoms with E-state index in [2.05, 4.69) is 49.3 Å². The predicted molar refractivity (Wildman–Crippen MR) is 323 cm³/mol. The summed E-state index contributed by atoms with van der Waals surface area (Å²) in [5.41, 5.74) is 3.70. The molecule has 6 aliphatic rings. The van der Waals surface area contributed by atoms with Crippen molar-refractivity contribution in [1.82, 2.24) is 29.0 Å². The Morgan fingerprint density at radius 2 is 0.651 bits per heavy atom. The first kappa shape index (κ1) is 58.2. The molecule has 20 heteroatoms. The van der Waals surface area contributed by atoms with Crippen LogP contribution >= 0.6 is 22.6 Å². The number of fused-ring (bicyclic) bond motifs is 3. The van der Waals surface area contributed by atoms with Crippen molar-refractivity contribution in [2.45, 2.75) is 48.3 Å². The smallest absolute Gasteiger partial charge is 0.262 e. The van der Waals surface area contributed by atoms with Crippen molar-refractivity contribution in [1.29, 1.82) is 0 Å². The fraction of sp³-hybridized carbons (Fsp3) is 0.238. The van der Waals surface area contributed by atoms with Crippen molar-refractivity contribution < 1.29 is 45.6 Å². The van der Waals surface area contributed by atoms with Gasteiger partial charge in [0.15, 0.2) is 0 Å². The summed E-state index contributed by atoms with van der Waals surface area (Å²) >= 11 is 2.24. The van der Waals surface area contributed by atoms with E-state index in [1.54, 1.807) is 103 Å². The third kappa shape index (κ3) is 12.5. The number of sulfonamides is 2. The highest BCUT2D eigenvalue weighted by atomic mass is 127. The molecule has 12 rings (SSSR count). The van der Waals surface area contributed by atoms with Gasteiger partial charge in [-0.25, -0.2) is 16.8 Å². The Hall–Kier alpha value is -8.05. The number of piperidine rings is 2. The summed E-state index contributed by atoms with van der Waals surface area (Å²) in [7, 11) is -5.93. The summed E-state index contributed by atoms with van der Waals surface area (Å²) in [5.74, 6) is -1.79. The van der Waals surface area contributed by atoms with E-state index in [-0.39, 0.29) is 66.8 Å². The van der Waals surface area contributed by atoms with Crippen molar-refractivity contribution in [2.75, 3.05) is 64.7 Å². The molecule has 83 heavy (non-hydrogen) atoms. The van der Waals surface area contributed by atoms with Crippen molar-refractivity contribution in [3.05, 3.63) is 229 Å². The molecule has 3 aliphatic carbocycles. The SMILES string of the molecule is CN1CCN(C2=C(Nc3ccc(I)cc3)C(=O)c3ccccc3C2=O)CC1.O=C1C(NS(=O)(=O)c2ccccc2)=C(N2CCCCC2)C(=O)c2ccccc21.O=C1C(NS(=O)(=O)c2ccccc2)=C(N2CCCCC2)C(=O)c2ccccc21. The number of anilines is 1. The topological polar surface area (TPSA) is 220 Å². The second-order valence-corrected chi connectivity index (χ2v) is 25.2. The van der Waals surface area contributed by atoms with Gasteiger partial charge < -0.3 is 24.9 Å². The van der Waals surface area contributed by atoms with Gasteiger partial charge in [-0.05, 0) is 117 Å². The molecule has 3 aliphatic heterocycles. The summed E-state index contributed by atoms with van der Waals surface area (Å²) in [6.07, 6.45) is 5.68. The molecular weight excluding hydrogens is 1210 g/mol. The van der Waals surface area contributed by atoms with Crippen LogP contribution in [-0.4, -0.2) is 131 Å². The lowest BCUT2D eigenvalue weighted by Gasteiger charge is -2.37. The number of allylic oxidation sites excluding steroid dienone is 6. The van der Waals surface area contributed by atoms with E-state index in [4.69, 9.17) is 0 Å². The maximum Gasteiger partial charge on any atom is 0.262 e. The molecule has 3 heterocycles. The van der Waals surface area contributed by atoms with Crippen LogP contribution in [0.25, 0.3) is 0 Å². The number of piperazine rings is 1. The van der Waals surface area contributed by atoms with Gasteiger partial charge in [0.25, 0.3) is 20.0 Å². The number of carbonyl (C=O) groups is 6. The molecule has 426 valence electrons. The van der Waals surface area contributed by atoms with E-state index in [0.29, 0.717) is 59.8 Å². The van der Waals surface area contributed by atoms with E-state index < -0.39 is 31.6 Å². The molecule has 17 nitrogen and oxygen atoms in total. The van der Waals surface area contributed by atoms with Gasteiger partial charge in [-0.1, -0.05) is 109 Å². The first-order valence-corrected chi connectivity index (χ1v) is 31.5. The lowest BCUT2D eigenvalue weighted by molar-refractivity contribution is 0.0917. The standard InChI is InChI=1S/C21H20IN3O2.2C21H20N2O4S/c1-24-10-12-25(13-11-24)19-18(23-15-8-6-14(22)7-9-15)20(26)16-4-2-3-5-17(16)21(19)27;2*24-20-16-11-5-6-12-17(16)21(25)19(23-13-7-2-8-14-23)18(20)22-28(26,27)15-9-3-1-4-10-15/h2-9,23H,10-13H2,1H3;2*1,3-6,9-12,22H,2,7-8,13-14H2. The zero-order chi connectivity index (χ0) is 58.4. The normalized spacial score (nSPS) is 17.6. The molecule has 6 aromatic carbocycles. The van der Waals surface area contributed by atoms with E-state index in [1.165, 1.54) is 24.3 Å². The fourth-order valence-electron chi connectivity index (χ4n) is 10.8. The number of Topliss-reactive ketones (excluding diaryl/α,β-unsaturated/α-hetero) is 6. The molecule has 0 bridgehead atoms. The van der Waals surface area contributed by atoms with Crippen molar-refractivity contribution in [3.63, 3.8) is 0 Å². The highest BCUT2D eigenvalue weighted by Crippen LogP contribution is 2.34. The third-order valence-electron chi connectivity index (χ3n) is 15.1. The number of nitrogens with one attached hydrogen (secondary N) is 3. The van der Waals surface area contributed by atoms with Gasteiger partial charge in [-0.15, -0.1) is 0 Å². The molecule has 0 atom stereocenters. The average Bonchev–Trinajstić information content (AvgIpc) is 2.98. The maximum absolute atomic E-state index is 13.3. The molecule has 3 fully saturated rings. The van der Waals surface area contributed by atoms with Crippen LogP contribution in [0, 0.1) is 3.57 Å². The molecule has 0 amide bonds. The van der Waals surface area contributed by atoms with Crippen LogP contribution in [-0.2, 0) is 20.0 Å². The molecule has 6 aromatic rings. The minimum Gasteiger partial charge on any atom is -0.367 e. The Kier molecular flexibility index (Phi) is 17.7. The van der Waals surface area contributed by atoms with Crippen molar-refractivity contribution in [3.8, 4) is 0 Å². The van der Waals surface area contributed by atoms with E-state index in [9.17, 15) is 45.6 Å². The fourth-order valence-corrected chi connectivity index (χ4v) is 13.4. The molecule has 0 radical (unpaired) electrons. The molecule has 0 spiro atoms. The summed E-state index contributed by atoms with van der Waals surface area (Å²) in [6, 6.07) is 43.6. The number of halogens is 1.